The van der Waals surface area contributed by atoms with Gasteiger partial charge in [-0.25, -0.2) is 0 Å². The Kier molecular flexibility index (Phi) is 4.37. The van der Waals surface area contributed by atoms with Crippen LogP contribution >= 0.6 is 23.2 Å². The lowest BCUT2D eigenvalue weighted by Crippen LogP contribution is -2.10. The highest BCUT2D eigenvalue weighted by Crippen LogP contribution is 2.41. The molecule has 0 bridgehead atoms. The molecule has 0 aliphatic heterocycles. The van der Waals surface area contributed by atoms with Gasteiger partial charge < -0.3 is 4.90 Å². The van der Waals surface area contributed by atoms with Crippen molar-refractivity contribution in [1.29, 1.82) is 0 Å². The molecule has 0 saturated carbocycles. The van der Waals surface area contributed by atoms with E-state index in [9.17, 15) is 0 Å². The van der Waals surface area contributed by atoms with Crippen LogP contribution in [0.15, 0.2) is 72.8 Å². The number of benzene rings is 3. The van der Waals surface area contributed by atoms with Crippen LogP contribution in [-0.2, 0) is 0 Å². The van der Waals surface area contributed by atoms with Crippen LogP contribution in [0.25, 0.3) is 0 Å². The minimum atomic E-state index is 0.549. The summed E-state index contributed by atoms with van der Waals surface area (Å²) in [5.74, 6) is 0. The van der Waals surface area contributed by atoms with Gasteiger partial charge in [0.15, 0.2) is 0 Å². The van der Waals surface area contributed by atoms with E-state index in [0.717, 1.165) is 17.1 Å². The quantitative estimate of drug-likeness (QED) is 0.513. The van der Waals surface area contributed by atoms with Gasteiger partial charge in [-0.2, -0.15) is 0 Å². The zero-order valence-corrected chi connectivity index (χ0v) is 13.6. The second kappa shape index (κ2) is 6.43. The maximum atomic E-state index is 6.45. The zero-order chi connectivity index (χ0) is 15.5. The van der Waals surface area contributed by atoms with Crippen molar-refractivity contribution >= 4 is 40.3 Å². The van der Waals surface area contributed by atoms with E-state index in [1.807, 2.05) is 36.4 Å². The molecule has 0 aromatic heterocycles. The molecular formula is C19H15Cl2N. The summed E-state index contributed by atoms with van der Waals surface area (Å²) in [4.78, 5) is 2.11. The summed E-state index contributed by atoms with van der Waals surface area (Å²) in [6.45, 7) is 2.08. The highest BCUT2D eigenvalue weighted by atomic mass is 35.5. The third kappa shape index (κ3) is 2.96. The molecule has 0 amide bonds. The van der Waals surface area contributed by atoms with Crippen LogP contribution in [-0.4, -0.2) is 0 Å². The first-order valence-corrected chi connectivity index (χ1v) is 7.78. The summed E-state index contributed by atoms with van der Waals surface area (Å²) in [6.07, 6.45) is 0. The van der Waals surface area contributed by atoms with Crippen LogP contribution in [0, 0.1) is 6.92 Å². The number of hydrogen-bond acceptors (Lipinski definition) is 1. The van der Waals surface area contributed by atoms with E-state index in [4.69, 9.17) is 23.2 Å². The van der Waals surface area contributed by atoms with Crippen molar-refractivity contribution in [2.24, 2.45) is 0 Å². The van der Waals surface area contributed by atoms with Crippen molar-refractivity contribution in [2.45, 2.75) is 6.92 Å². The number of aryl methyl sites for hydroxylation is 1. The number of hydrogen-bond donors (Lipinski definition) is 0. The largest absolute Gasteiger partial charge is 0.309 e. The minimum absolute atomic E-state index is 0.549. The van der Waals surface area contributed by atoms with Gasteiger partial charge in [-0.1, -0.05) is 59.6 Å². The summed E-state index contributed by atoms with van der Waals surface area (Å²) in [5, 5.41) is 1.10. The lowest BCUT2D eigenvalue weighted by Gasteiger charge is -2.26. The summed E-state index contributed by atoms with van der Waals surface area (Å²) in [6, 6.07) is 24.1. The first-order valence-electron chi connectivity index (χ1n) is 7.02. The Hall–Kier alpha value is -1.96. The minimum Gasteiger partial charge on any atom is -0.309 e. The van der Waals surface area contributed by atoms with Gasteiger partial charge in [-0.3, -0.25) is 0 Å². The maximum absolute atomic E-state index is 6.45. The molecule has 22 heavy (non-hydrogen) atoms. The van der Waals surface area contributed by atoms with E-state index >= 15 is 0 Å². The lowest BCUT2D eigenvalue weighted by atomic mass is 10.1. The first kappa shape index (κ1) is 15.0. The van der Waals surface area contributed by atoms with Crippen molar-refractivity contribution in [1.82, 2.24) is 0 Å². The van der Waals surface area contributed by atoms with E-state index in [0.29, 0.717) is 10.0 Å². The van der Waals surface area contributed by atoms with Gasteiger partial charge in [-0.05, 0) is 48.9 Å². The Morgan fingerprint density at radius 1 is 0.727 bits per heavy atom. The summed E-state index contributed by atoms with van der Waals surface area (Å²) in [5.41, 5.74) is 4.15. The predicted octanol–water partition coefficient (Wildman–Crippen LogP) is 6.77. The maximum Gasteiger partial charge on any atom is 0.0832 e. The highest BCUT2D eigenvalue weighted by molar-refractivity contribution is 6.43. The molecule has 0 atom stereocenters. The Morgan fingerprint density at radius 2 is 1.41 bits per heavy atom. The zero-order valence-electron chi connectivity index (χ0n) is 12.1. The van der Waals surface area contributed by atoms with E-state index in [1.165, 1.54) is 5.56 Å². The summed E-state index contributed by atoms with van der Waals surface area (Å²) >= 11 is 12.7. The van der Waals surface area contributed by atoms with Crippen LogP contribution in [0.5, 0.6) is 0 Å². The molecule has 0 spiro atoms. The van der Waals surface area contributed by atoms with Crippen molar-refractivity contribution in [3.8, 4) is 0 Å². The van der Waals surface area contributed by atoms with Crippen molar-refractivity contribution in [2.75, 3.05) is 4.90 Å². The Morgan fingerprint density at radius 3 is 2.14 bits per heavy atom. The van der Waals surface area contributed by atoms with Gasteiger partial charge in [0.2, 0.25) is 0 Å². The molecule has 0 N–H and O–H groups in total. The van der Waals surface area contributed by atoms with Crippen LogP contribution in [0.2, 0.25) is 10.0 Å². The number of rotatable bonds is 3. The summed E-state index contributed by atoms with van der Waals surface area (Å²) in [7, 11) is 0. The monoisotopic (exact) mass is 327 g/mol. The van der Waals surface area contributed by atoms with E-state index in [-0.39, 0.29) is 0 Å². The molecule has 3 aromatic carbocycles. The van der Waals surface area contributed by atoms with Crippen LogP contribution in [0.3, 0.4) is 0 Å². The molecule has 0 fully saturated rings. The standard InChI is InChI=1S/C19H15Cl2N/c1-14-7-5-10-16(13-14)22(15-8-3-2-4-9-15)18-12-6-11-17(20)19(18)21/h2-13H,1H3. The van der Waals surface area contributed by atoms with E-state index in [2.05, 4.69) is 42.2 Å². The molecule has 3 heteroatoms. The van der Waals surface area contributed by atoms with Crippen molar-refractivity contribution in [3.05, 3.63) is 88.4 Å². The smallest absolute Gasteiger partial charge is 0.0832 e. The lowest BCUT2D eigenvalue weighted by molar-refractivity contribution is 1.27. The SMILES string of the molecule is Cc1cccc(N(c2ccccc2)c2cccc(Cl)c2Cl)c1. The van der Waals surface area contributed by atoms with Gasteiger partial charge in [0, 0.05) is 11.4 Å². The number of para-hydroxylation sites is 1. The normalized spacial score (nSPS) is 10.5. The molecule has 3 aromatic rings. The molecule has 1 nitrogen and oxygen atoms in total. The van der Waals surface area contributed by atoms with Crippen LogP contribution in [0.4, 0.5) is 17.1 Å². The molecule has 0 radical (unpaired) electrons. The molecule has 0 unspecified atom stereocenters. The Labute approximate surface area is 140 Å². The second-order valence-electron chi connectivity index (χ2n) is 5.08. The molecule has 0 saturated heterocycles. The molecule has 0 heterocycles. The predicted molar refractivity (Wildman–Crippen MR) is 95.9 cm³/mol. The molecule has 0 aliphatic carbocycles. The molecule has 110 valence electrons. The van der Waals surface area contributed by atoms with Crippen molar-refractivity contribution < 1.29 is 0 Å². The highest BCUT2D eigenvalue weighted by Gasteiger charge is 2.16. The molecule has 0 aliphatic rings. The van der Waals surface area contributed by atoms with Crippen molar-refractivity contribution in [3.63, 3.8) is 0 Å². The summed E-state index contributed by atoms with van der Waals surface area (Å²) < 4.78 is 0. The van der Waals surface area contributed by atoms with Crippen LogP contribution < -0.4 is 4.90 Å². The number of anilines is 3. The first-order chi connectivity index (χ1) is 10.7. The Bertz CT molecular complexity index is 784. The molecular weight excluding hydrogens is 313 g/mol. The average Bonchev–Trinajstić information content (AvgIpc) is 2.53. The second-order valence-corrected chi connectivity index (χ2v) is 5.87. The fourth-order valence-electron chi connectivity index (χ4n) is 2.44. The van der Waals surface area contributed by atoms with Gasteiger partial charge in [0.1, 0.15) is 0 Å². The number of nitrogens with zero attached hydrogens (tertiary/aromatic N) is 1. The third-order valence-corrected chi connectivity index (χ3v) is 4.26. The van der Waals surface area contributed by atoms with Gasteiger partial charge >= 0.3 is 0 Å². The number of halogens is 2. The van der Waals surface area contributed by atoms with Crippen LogP contribution in [0.1, 0.15) is 5.56 Å². The fourth-order valence-corrected chi connectivity index (χ4v) is 2.82. The van der Waals surface area contributed by atoms with E-state index in [1.54, 1.807) is 6.07 Å². The topological polar surface area (TPSA) is 3.24 Å². The van der Waals surface area contributed by atoms with E-state index < -0.39 is 0 Å². The van der Waals surface area contributed by atoms with Gasteiger partial charge in [-0.15, -0.1) is 0 Å². The van der Waals surface area contributed by atoms with Gasteiger partial charge in [0.25, 0.3) is 0 Å². The van der Waals surface area contributed by atoms with Gasteiger partial charge in [0.05, 0.1) is 15.7 Å². The average molecular weight is 328 g/mol. The fraction of sp³-hybridized carbons (Fsp3) is 0.0526. The Balaban J connectivity index is 2.22. The molecule has 3 rings (SSSR count). The third-order valence-electron chi connectivity index (χ3n) is 3.45.